The Labute approximate surface area is 101 Å². The summed E-state index contributed by atoms with van der Waals surface area (Å²) in [4.78, 5) is 2.47. The predicted octanol–water partition coefficient (Wildman–Crippen LogP) is 2.76. The molecule has 1 saturated carbocycles. The van der Waals surface area contributed by atoms with Gasteiger partial charge >= 0.3 is 0 Å². The lowest BCUT2D eigenvalue weighted by Gasteiger charge is -2.40. The van der Waals surface area contributed by atoms with E-state index in [1.807, 2.05) is 0 Å². The van der Waals surface area contributed by atoms with E-state index >= 15 is 0 Å². The highest BCUT2D eigenvalue weighted by molar-refractivity contribution is 4.85. The van der Waals surface area contributed by atoms with Gasteiger partial charge in [0.15, 0.2) is 0 Å². The van der Waals surface area contributed by atoms with Crippen molar-refractivity contribution in [2.45, 2.75) is 59.6 Å². The van der Waals surface area contributed by atoms with Gasteiger partial charge in [-0.05, 0) is 45.1 Å². The Kier molecular flexibility index (Phi) is 5.26. The van der Waals surface area contributed by atoms with Gasteiger partial charge in [0.25, 0.3) is 0 Å². The van der Waals surface area contributed by atoms with E-state index in [1.165, 1.54) is 6.42 Å². The van der Waals surface area contributed by atoms with Crippen LogP contribution in [0.2, 0.25) is 0 Å². The van der Waals surface area contributed by atoms with E-state index in [0.29, 0.717) is 23.8 Å². The zero-order valence-electron chi connectivity index (χ0n) is 11.6. The highest BCUT2D eigenvalue weighted by Gasteiger charge is 2.33. The molecule has 2 heteroatoms. The smallest absolute Gasteiger partial charge is 0.0585 e. The molecular weight excluding hydrogens is 198 g/mol. The van der Waals surface area contributed by atoms with Crippen LogP contribution >= 0.6 is 0 Å². The minimum Gasteiger partial charge on any atom is -0.393 e. The van der Waals surface area contributed by atoms with Crippen molar-refractivity contribution in [3.05, 3.63) is 0 Å². The van der Waals surface area contributed by atoms with E-state index in [0.717, 1.165) is 19.5 Å². The van der Waals surface area contributed by atoms with Crippen molar-refractivity contribution in [3.63, 3.8) is 0 Å². The lowest BCUT2D eigenvalue weighted by molar-refractivity contribution is -0.00576. The molecule has 4 atom stereocenters. The second-order valence-corrected chi connectivity index (χ2v) is 5.97. The minimum atomic E-state index is -0.0912. The van der Waals surface area contributed by atoms with Gasteiger partial charge in [-0.15, -0.1) is 0 Å². The van der Waals surface area contributed by atoms with Crippen LogP contribution in [0.15, 0.2) is 0 Å². The highest BCUT2D eigenvalue weighted by Crippen LogP contribution is 2.34. The van der Waals surface area contributed by atoms with Gasteiger partial charge in [0.2, 0.25) is 0 Å². The van der Waals surface area contributed by atoms with Crippen LogP contribution in [0.3, 0.4) is 0 Å². The van der Waals surface area contributed by atoms with Gasteiger partial charge in [0.05, 0.1) is 6.10 Å². The van der Waals surface area contributed by atoms with Crippen LogP contribution < -0.4 is 0 Å². The summed E-state index contributed by atoms with van der Waals surface area (Å²) in [5, 5.41) is 10.2. The number of aliphatic hydroxyl groups excluding tert-OH is 1. The summed E-state index contributed by atoms with van der Waals surface area (Å²) in [6.07, 6.45) is 2.17. The predicted molar refractivity (Wildman–Crippen MR) is 69.4 cm³/mol. The molecule has 0 aliphatic heterocycles. The lowest BCUT2D eigenvalue weighted by Crippen LogP contribution is -2.44. The quantitative estimate of drug-likeness (QED) is 0.798. The molecule has 1 N–H and O–H groups in total. The third kappa shape index (κ3) is 3.46. The Morgan fingerprint density at radius 3 is 2.31 bits per heavy atom. The fraction of sp³-hybridized carbons (Fsp3) is 1.00. The first-order valence-corrected chi connectivity index (χ1v) is 6.87. The molecule has 0 bridgehead atoms. The Morgan fingerprint density at radius 2 is 1.88 bits per heavy atom. The third-order valence-electron chi connectivity index (χ3n) is 4.22. The summed E-state index contributed by atoms with van der Waals surface area (Å²) in [6.45, 7) is 13.4. The average molecular weight is 227 g/mol. The zero-order chi connectivity index (χ0) is 12.3. The van der Waals surface area contributed by atoms with Gasteiger partial charge in [-0.2, -0.15) is 0 Å². The van der Waals surface area contributed by atoms with Crippen LogP contribution in [-0.4, -0.2) is 35.2 Å². The van der Waals surface area contributed by atoms with Crippen LogP contribution in [0.4, 0.5) is 0 Å². The molecule has 0 aromatic heterocycles. The molecule has 96 valence electrons. The second kappa shape index (κ2) is 6.02. The van der Waals surface area contributed by atoms with Crippen molar-refractivity contribution in [1.29, 1.82) is 0 Å². The van der Waals surface area contributed by atoms with Gasteiger partial charge < -0.3 is 10.0 Å². The van der Waals surface area contributed by atoms with E-state index < -0.39 is 0 Å². The summed E-state index contributed by atoms with van der Waals surface area (Å²) >= 11 is 0. The van der Waals surface area contributed by atoms with Crippen molar-refractivity contribution in [2.75, 3.05) is 13.1 Å². The summed E-state index contributed by atoms with van der Waals surface area (Å²) in [5.74, 6) is 1.82. The zero-order valence-corrected chi connectivity index (χ0v) is 11.6. The third-order valence-corrected chi connectivity index (χ3v) is 4.22. The molecule has 2 nitrogen and oxygen atoms in total. The first-order chi connectivity index (χ1) is 7.45. The number of nitrogens with zero attached hydrogens (tertiary/aromatic N) is 1. The largest absolute Gasteiger partial charge is 0.393 e. The monoisotopic (exact) mass is 227 g/mol. The van der Waals surface area contributed by atoms with Crippen molar-refractivity contribution in [1.82, 2.24) is 4.90 Å². The van der Waals surface area contributed by atoms with Crippen LogP contribution in [0.25, 0.3) is 0 Å². The molecule has 0 radical (unpaired) electrons. The fourth-order valence-electron chi connectivity index (χ4n) is 3.15. The van der Waals surface area contributed by atoms with E-state index in [1.54, 1.807) is 0 Å². The summed E-state index contributed by atoms with van der Waals surface area (Å²) in [6, 6.07) is 0.587. The van der Waals surface area contributed by atoms with Gasteiger partial charge in [-0.1, -0.05) is 20.8 Å². The number of aliphatic hydroxyl groups is 1. The van der Waals surface area contributed by atoms with Gasteiger partial charge in [0.1, 0.15) is 0 Å². The molecule has 1 aliphatic carbocycles. The number of hydrogen-bond donors (Lipinski definition) is 1. The first kappa shape index (κ1) is 14.0. The maximum atomic E-state index is 10.2. The van der Waals surface area contributed by atoms with E-state index in [9.17, 15) is 5.11 Å². The van der Waals surface area contributed by atoms with E-state index in [-0.39, 0.29) is 6.10 Å². The molecule has 1 aliphatic rings. The van der Waals surface area contributed by atoms with Crippen molar-refractivity contribution >= 4 is 0 Å². The van der Waals surface area contributed by atoms with E-state index in [4.69, 9.17) is 0 Å². The SMILES string of the molecule is CCN(CC1C(C)CC(C)CC1O)C(C)C. The molecular formula is C14H29NO. The normalized spacial score (nSPS) is 36.0. The molecule has 0 aromatic rings. The molecule has 16 heavy (non-hydrogen) atoms. The number of rotatable bonds is 4. The first-order valence-electron chi connectivity index (χ1n) is 6.87. The molecule has 0 heterocycles. The van der Waals surface area contributed by atoms with E-state index in [2.05, 4.69) is 39.5 Å². The summed E-state index contributed by atoms with van der Waals surface area (Å²) in [7, 11) is 0. The van der Waals surface area contributed by atoms with Crippen LogP contribution in [-0.2, 0) is 0 Å². The molecule has 0 saturated heterocycles. The lowest BCUT2D eigenvalue weighted by atomic mass is 9.73. The maximum absolute atomic E-state index is 10.2. The van der Waals surface area contributed by atoms with Crippen LogP contribution in [0.1, 0.15) is 47.5 Å². The Balaban J connectivity index is 2.57. The molecule has 4 unspecified atom stereocenters. The Hall–Kier alpha value is -0.0800. The van der Waals surface area contributed by atoms with Crippen molar-refractivity contribution in [3.8, 4) is 0 Å². The highest BCUT2D eigenvalue weighted by atomic mass is 16.3. The van der Waals surface area contributed by atoms with Crippen molar-refractivity contribution < 1.29 is 5.11 Å². The maximum Gasteiger partial charge on any atom is 0.0585 e. The average Bonchev–Trinajstić information content (AvgIpc) is 2.15. The topological polar surface area (TPSA) is 23.5 Å². The Morgan fingerprint density at radius 1 is 1.25 bits per heavy atom. The summed E-state index contributed by atoms with van der Waals surface area (Å²) < 4.78 is 0. The molecule has 0 spiro atoms. The minimum absolute atomic E-state index is 0.0912. The second-order valence-electron chi connectivity index (χ2n) is 5.97. The van der Waals surface area contributed by atoms with Crippen LogP contribution in [0.5, 0.6) is 0 Å². The number of hydrogen-bond acceptors (Lipinski definition) is 2. The fourth-order valence-corrected chi connectivity index (χ4v) is 3.15. The van der Waals surface area contributed by atoms with Gasteiger partial charge in [-0.25, -0.2) is 0 Å². The molecule has 1 fully saturated rings. The van der Waals surface area contributed by atoms with Crippen molar-refractivity contribution in [2.24, 2.45) is 17.8 Å². The Bertz CT molecular complexity index is 193. The molecule has 0 amide bonds. The standard InChI is InChI=1S/C14H29NO/c1-6-15(10(2)3)9-13-12(5)7-11(4)8-14(13)16/h10-14,16H,6-9H2,1-5H3. The summed E-state index contributed by atoms with van der Waals surface area (Å²) in [5.41, 5.74) is 0. The molecule has 0 aromatic carbocycles. The van der Waals surface area contributed by atoms with Gasteiger partial charge in [-0.3, -0.25) is 0 Å². The van der Waals surface area contributed by atoms with Gasteiger partial charge in [0, 0.05) is 18.5 Å². The molecule has 1 rings (SSSR count). The van der Waals surface area contributed by atoms with Crippen LogP contribution in [0, 0.1) is 17.8 Å².